The van der Waals surface area contributed by atoms with Crippen LogP contribution in [-0.4, -0.2) is 23.0 Å². The van der Waals surface area contributed by atoms with Crippen molar-refractivity contribution >= 4 is 0 Å². The maximum absolute atomic E-state index is 5.84. The number of hydrogen-bond acceptors (Lipinski definition) is 3. The zero-order valence-electron chi connectivity index (χ0n) is 10.8. The number of aromatic nitrogens is 1. The third kappa shape index (κ3) is 2.27. The van der Waals surface area contributed by atoms with Crippen LogP contribution in [0.1, 0.15) is 18.5 Å². The van der Waals surface area contributed by atoms with Gasteiger partial charge in [0.05, 0.1) is 5.69 Å². The van der Waals surface area contributed by atoms with E-state index in [9.17, 15) is 0 Å². The van der Waals surface area contributed by atoms with Crippen molar-refractivity contribution in [2.45, 2.75) is 19.4 Å². The van der Waals surface area contributed by atoms with Gasteiger partial charge in [-0.1, -0.05) is 12.6 Å². The minimum atomic E-state index is 0.567. The molecule has 0 amide bonds. The van der Waals surface area contributed by atoms with Gasteiger partial charge in [0.15, 0.2) is 0 Å². The van der Waals surface area contributed by atoms with Crippen LogP contribution in [0.4, 0.5) is 0 Å². The van der Waals surface area contributed by atoms with Gasteiger partial charge >= 0.3 is 0 Å². The predicted octanol–water partition coefficient (Wildman–Crippen LogP) is 2.01. The number of nitrogens with zero attached hydrogens (tertiary/aromatic N) is 2. The second-order valence-corrected chi connectivity index (χ2v) is 5.78. The maximum atomic E-state index is 5.84. The molecular formula is C15H21N3. The molecule has 1 saturated heterocycles. The summed E-state index contributed by atoms with van der Waals surface area (Å²) in [7, 11) is 0. The van der Waals surface area contributed by atoms with Crippen molar-refractivity contribution in [1.29, 1.82) is 0 Å². The van der Waals surface area contributed by atoms with Crippen LogP contribution < -0.4 is 5.73 Å². The molecule has 0 radical (unpaired) electrons. The van der Waals surface area contributed by atoms with E-state index in [2.05, 4.69) is 28.6 Å². The van der Waals surface area contributed by atoms with Crippen molar-refractivity contribution in [2.75, 3.05) is 13.1 Å². The zero-order chi connectivity index (χ0) is 12.5. The Morgan fingerprint density at radius 2 is 2.06 bits per heavy atom. The number of allylic oxidation sites excluding steroid dienone is 1. The monoisotopic (exact) mass is 243 g/mol. The highest BCUT2D eigenvalue weighted by molar-refractivity contribution is 5.07. The van der Waals surface area contributed by atoms with E-state index in [1.54, 1.807) is 0 Å². The highest BCUT2D eigenvalue weighted by Crippen LogP contribution is 2.43. The first-order chi connectivity index (χ1) is 8.72. The molecule has 1 unspecified atom stereocenters. The first-order valence-corrected chi connectivity index (χ1v) is 6.79. The van der Waals surface area contributed by atoms with Crippen LogP contribution in [-0.2, 0) is 6.54 Å². The van der Waals surface area contributed by atoms with E-state index in [4.69, 9.17) is 5.73 Å². The second kappa shape index (κ2) is 4.73. The fraction of sp³-hybridized carbons (Fsp3) is 0.533. The van der Waals surface area contributed by atoms with E-state index in [1.807, 2.05) is 12.3 Å². The lowest BCUT2D eigenvalue weighted by molar-refractivity contribution is 0.292. The molecule has 3 rings (SSSR count). The maximum Gasteiger partial charge on any atom is 0.0543 e. The molecule has 1 saturated carbocycles. The summed E-state index contributed by atoms with van der Waals surface area (Å²) in [5.41, 5.74) is 7.91. The third-order valence-electron chi connectivity index (χ3n) is 4.46. The number of fused-ring (bicyclic) bond motifs is 1. The topological polar surface area (TPSA) is 42.1 Å². The fourth-order valence-electron chi connectivity index (χ4n) is 3.55. The van der Waals surface area contributed by atoms with E-state index >= 15 is 0 Å². The van der Waals surface area contributed by atoms with Crippen LogP contribution >= 0.6 is 0 Å². The molecular weight excluding hydrogens is 222 g/mol. The Hall–Kier alpha value is -1.35. The van der Waals surface area contributed by atoms with Crippen LogP contribution in [0.15, 0.2) is 36.7 Å². The van der Waals surface area contributed by atoms with Gasteiger partial charge in [-0.3, -0.25) is 9.88 Å². The van der Waals surface area contributed by atoms with Crippen molar-refractivity contribution in [3.05, 3.63) is 42.4 Å². The summed E-state index contributed by atoms with van der Waals surface area (Å²) >= 11 is 0. The molecule has 0 bridgehead atoms. The van der Waals surface area contributed by atoms with Gasteiger partial charge in [-0.25, -0.2) is 0 Å². The standard InChI is InChI=1S/C15H21N3/c1-11(16)12-6-13-8-18(9-14(13)7-12)10-15-4-2-3-5-17-15/h2-5,12-14H,1,6-10,16H2/t12?,13-,14+. The minimum absolute atomic E-state index is 0.567. The lowest BCUT2D eigenvalue weighted by Crippen LogP contribution is -2.23. The smallest absolute Gasteiger partial charge is 0.0543 e. The van der Waals surface area contributed by atoms with Gasteiger partial charge in [0.2, 0.25) is 0 Å². The minimum Gasteiger partial charge on any atom is -0.402 e. The van der Waals surface area contributed by atoms with E-state index in [0.29, 0.717) is 5.92 Å². The highest BCUT2D eigenvalue weighted by atomic mass is 15.2. The number of likely N-dealkylation sites (tertiary alicyclic amines) is 1. The quantitative estimate of drug-likeness (QED) is 0.883. The van der Waals surface area contributed by atoms with Gasteiger partial charge in [0, 0.05) is 31.5 Å². The summed E-state index contributed by atoms with van der Waals surface area (Å²) in [6.07, 6.45) is 4.35. The van der Waals surface area contributed by atoms with Gasteiger partial charge in [-0.2, -0.15) is 0 Å². The molecule has 2 aliphatic rings. The SMILES string of the molecule is C=C(N)C1C[C@@H]2CN(Cc3ccccn3)C[C@@H]2C1. The van der Waals surface area contributed by atoms with Crippen molar-refractivity contribution < 1.29 is 0 Å². The molecule has 2 heterocycles. The van der Waals surface area contributed by atoms with E-state index in [1.165, 1.54) is 31.6 Å². The predicted molar refractivity (Wildman–Crippen MR) is 72.5 cm³/mol. The summed E-state index contributed by atoms with van der Waals surface area (Å²) in [5.74, 6) is 2.20. The molecule has 1 aromatic heterocycles. The Kier molecular flexibility index (Phi) is 3.08. The normalized spacial score (nSPS) is 31.4. The van der Waals surface area contributed by atoms with Crippen LogP contribution in [0.3, 0.4) is 0 Å². The van der Waals surface area contributed by atoms with Gasteiger partial charge in [0.1, 0.15) is 0 Å². The lowest BCUT2D eigenvalue weighted by atomic mass is 10.0. The number of hydrogen-bond donors (Lipinski definition) is 1. The van der Waals surface area contributed by atoms with Gasteiger partial charge in [0.25, 0.3) is 0 Å². The number of nitrogens with two attached hydrogens (primary N) is 1. The van der Waals surface area contributed by atoms with E-state index in [0.717, 1.165) is 24.1 Å². The van der Waals surface area contributed by atoms with Crippen LogP contribution in [0, 0.1) is 17.8 Å². The Bertz CT molecular complexity index is 415. The first-order valence-electron chi connectivity index (χ1n) is 6.79. The lowest BCUT2D eigenvalue weighted by Gasteiger charge is -2.18. The van der Waals surface area contributed by atoms with Crippen LogP contribution in [0.5, 0.6) is 0 Å². The molecule has 3 nitrogen and oxygen atoms in total. The van der Waals surface area contributed by atoms with Crippen molar-refractivity contribution in [1.82, 2.24) is 9.88 Å². The summed E-state index contributed by atoms with van der Waals surface area (Å²) < 4.78 is 0. The van der Waals surface area contributed by atoms with Crippen molar-refractivity contribution in [3.63, 3.8) is 0 Å². The molecule has 3 atom stereocenters. The number of pyridine rings is 1. The van der Waals surface area contributed by atoms with Crippen molar-refractivity contribution in [2.24, 2.45) is 23.5 Å². The van der Waals surface area contributed by atoms with Gasteiger partial charge in [-0.05, 0) is 42.7 Å². The summed E-state index contributed by atoms with van der Waals surface area (Å²) in [5, 5.41) is 0. The summed E-state index contributed by atoms with van der Waals surface area (Å²) in [4.78, 5) is 6.94. The Morgan fingerprint density at radius 3 is 2.61 bits per heavy atom. The molecule has 1 aromatic rings. The Labute approximate surface area is 109 Å². The molecule has 2 fully saturated rings. The highest BCUT2D eigenvalue weighted by Gasteiger charge is 2.41. The molecule has 0 aromatic carbocycles. The largest absolute Gasteiger partial charge is 0.402 e. The van der Waals surface area contributed by atoms with E-state index in [-0.39, 0.29) is 0 Å². The van der Waals surface area contributed by atoms with Crippen LogP contribution in [0.2, 0.25) is 0 Å². The summed E-state index contributed by atoms with van der Waals surface area (Å²) in [6.45, 7) is 7.29. The zero-order valence-corrected chi connectivity index (χ0v) is 10.8. The molecule has 3 heteroatoms. The Balaban J connectivity index is 1.57. The molecule has 96 valence electrons. The van der Waals surface area contributed by atoms with E-state index < -0.39 is 0 Å². The van der Waals surface area contributed by atoms with Crippen molar-refractivity contribution in [3.8, 4) is 0 Å². The fourth-order valence-corrected chi connectivity index (χ4v) is 3.55. The third-order valence-corrected chi connectivity index (χ3v) is 4.46. The van der Waals surface area contributed by atoms with Gasteiger partial charge < -0.3 is 5.73 Å². The van der Waals surface area contributed by atoms with Crippen LogP contribution in [0.25, 0.3) is 0 Å². The Morgan fingerprint density at radius 1 is 1.33 bits per heavy atom. The second-order valence-electron chi connectivity index (χ2n) is 5.78. The molecule has 18 heavy (non-hydrogen) atoms. The molecule has 1 aliphatic carbocycles. The molecule has 1 aliphatic heterocycles. The first kappa shape index (κ1) is 11.7. The molecule has 2 N–H and O–H groups in total. The summed E-state index contributed by atoms with van der Waals surface area (Å²) in [6, 6.07) is 6.14. The average molecular weight is 243 g/mol. The number of rotatable bonds is 3. The average Bonchev–Trinajstić information content (AvgIpc) is 2.88. The van der Waals surface area contributed by atoms with Gasteiger partial charge in [-0.15, -0.1) is 0 Å². The molecule has 0 spiro atoms.